The maximum atomic E-state index is 12.9. The van der Waals surface area contributed by atoms with Gasteiger partial charge in [0.05, 0.1) is 23.7 Å². The molecule has 2 aromatic rings. The fourth-order valence-electron chi connectivity index (χ4n) is 2.86. The number of aryl methyl sites for hydroxylation is 2. The van der Waals surface area contributed by atoms with E-state index >= 15 is 0 Å². The third-order valence-corrected chi connectivity index (χ3v) is 5.79. The normalized spacial score (nSPS) is 20.1. The minimum absolute atomic E-state index is 0.0248. The second-order valence-electron chi connectivity index (χ2n) is 5.92. The quantitative estimate of drug-likeness (QED) is 0.832. The van der Waals surface area contributed by atoms with E-state index in [0.29, 0.717) is 12.2 Å². The predicted octanol–water partition coefficient (Wildman–Crippen LogP) is 1.22. The first-order valence-corrected chi connectivity index (χ1v) is 9.69. The lowest BCUT2D eigenvalue weighted by Gasteiger charge is -2.34. The van der Waals surface area contributed by atoms with Crippen LogP contribution in [0.1, 0.15) is 34.7 Å². The van der Waals surface area contributed by atoms with Gasteiger partial charge in [-0.2, -0.15) is 5.10 Å². The van der Waals surface area contributed by atoms with Crippen LogP contribution in [-0.2, 0) is 16.4 Å². The third kappa shape index (κ3) is 3.33. The zero-order valence-electron chi connectivity index (χ0n) is 13.7. The Kier molecular flexibility index (Phi) is 4.40. The molecule has 3 heterocycles. The summed E-state index contributed by atoms with van der Waals surface area (Å²) in [6.07, 6.45) is 3.44. The minimum atomic E-state index is -3.19. The average molecular weight is 348 g/mol. The molecule has 1 saturated heterocycles. The molecule has 0 radical (unpaired) electrons. The molecule has 3 rings (SSSR count). The summed E-state index contributed by atoms with van der Waals surface area (Å²) in [5, 5.41) is 4.21. The Morgan fingerprint density at radius 2 is 2.17 bits per heavy atom. The molecule has 0 spiro atoms. The number of rotatable bonds is 3. The van der Waals surface area contributed by atoms with Crippen LogP contribution >= 0.6 is 0 Å². The minimum Gasteiger partial charge on any atom is -0.328 e. The molecule has 1 fully saturated rings. The molecule has 1 aliphatic heterocycles. The van der Waals surface area contributed by atoms with Gasteiger partial charge in [0.1, 0.15) is 5.69 Å². The molecule has 24 heavy (non-hydrogen) atoms. The van der Waals surface area contributed by atoms with Gasteiger partial charge in [0.15, 0.2) is 9.84 Å². The Balaban J connectivity index is 1.96. The van der Waals surface area contributed by atoms with Gasteiger partial charge < -0.3 is 4.90 Å². The van der Waals surface area contributed by atoms with Gasteiger partial charge in [-0.25, -0.2) is 13.4 Å². The highest BCUT2D eigenvalue weighted by Crippen LogP contribution is 2.28. The van der Waals surface area contributed by atoms with Crippen molar-refractivity contribution < 1.29 is 13.2 Å². The van der Waals surface area contributed by atoms with Crippen LogP contribution in [0.3, 0.4) is 0 Å². The van der Waals surface area contributed by atoms with Crippen LogP contribution in [0, 0.1) is 6.92 Å². The summed E-state index contributed by atoms with van der Waals surface area (Å²) in [6.45, 7) is 4.62. The van der Waals surface area contributed by atoms with E-state index in [4.69, 9.17) is 0 Å². The van der Waals surface area contributed by atoms with Gasteiger partial charge in [0.25, 0.3) is 5.91 Å². The molecular formula is C16H20N4O3S. The summed E-state index contributed by atoms with van der Waals surface area (Å²) >= 11 is 0. The molecule has 8 heteroatoms. The van der Waals surface area contributed by atoms with E-state index in [-0.39, 0.29) is 24.0 Å². The van der Waals surface area contributed by atoms with Crippen molar-refractivity contribution in [3.63, 3.8) is 0 Å². The van der Waals surface area contributed by atoms with Crippen LogP contribution in [0.2, 0.25) is 0 Å². The number of carbonyl (C=O) groups is 1. The Bertz CT molecular complexity index is 860. The van der Waals surface area contributed by atoms with Crippen LogP contribution in [0.4, 0.5) is 0 Å². The molecule has 1 amide bonds. The molecule has 1 atom stereocenters. The number of pyridine rings is 1. The number of sulfone groups is 1. The summed E-state index contributed by atoms with van der Waals surface area (Å²) in [5.41, 5.74) is 1.82. The van der Waals surface area contributed by atoms with Gasteiger partial charge >= 0.3 is 0 Å². The van der Waals surface area contributed by atoms with Crippen molar-refractivity contribution in [3.05, 3.63) is 47.5 Å². The maximum absolute atomic E-state index is 12.9. The van der Waals surface area contributed by atoms with E-state index in [1.165, 1.54) is 0 Å². The SMILES string of the molecule is CCn1cc([C@@H]2CS(=O)(=O)CCN2C(=O)c2cccc(C)n2)cn1. The molecule has 128 valence electrons. The van der Waals surface area contributed by atoms with E-state index in [1.54, 1.807) is 34.1 Å². The zero-order chi connectivity index (χ0) is 17.3. The Morgan fingerprint density at radius 3 is 2.83 bits per heavy atom. The van der Waals surface area contributed by atoms with Gasteiger partial charge in [0.2, 0.25) is 0 Å². The number of hydrogen-bond donors (Lipinski definition) is 0. The Hall–Kier alpha value is -2.22. The molecule has 0 N–H and O–H groups in total. The van der Waals surface area contributed by atoms with Gasteiger partial charge in [-0.15, -0.1) is 0 Å². The molecular weight excluding hydrogens is 328 g/mol. The summed E-state index contributed by atoms with van der Waals surface area (Å²) in [5.74, 6) is -0.356. The lowest BCUT2D eigenvalue weighted by molar-refractivity contribution is 0.0691. The summed E-state index contributed by atoms with van der Waals surface area (Å²) in [6, 6.07) is 4.73. The monoisotopic (exact) mass is 348 g/mol. The number of aromatic nitrogens is 3. The molecule has 7 nitrogen and oxygen atoms in total. The molecule has 0 unspecified atom stereocenters. The molecule has 1 aliphatic rings. The first kappa shape index (κ1) is 16.6. The molecule has 0 bridgehead atoms. The van der Waals surface area contributed by atoms with Crippen molar-refractivity contribution >= 4 is 15.7 Å². The first-order valence-electron chi connectivity index (χ1n) is 7.87. The Morgan fingerprint density at radius 1 is 1.38 bits per heavy atom. The fourth-order valence-corrected chi connectivity index (χ4v) is 4.36. The van der Waals surface area contributed by atoms with Crippen molar-refractivity contribution in [2.45, 2.75) is 26.4 Å². The zero-order valence-corrected chi connectivity index (χ0v) is 14.5. The molecule has 0 saturated carbocycles. The van der Waals surface area contributed by atoms with Crippen LogP contribution in [0.5, 0.6) is 0 Å². The van der Waals surface area contributed by atoms with Crippen molar-refractivity contribution in [1.29, 1.82) is 0 Å². The first-order chi connectivity index (χ1) is 11.4. The predicted molar refractivity (Wildman–Crippen MR) is 89.3 cm³/mol. The van der Waals surface area contributed by atoms with Crippen LogP contribution in [0.25, 0.3) is 0 Å². The highest BCUT2D eigenvalue weighted by Gasteiger charge is 2.36. The number of amides is 1. The van der Waals surface area contributed by atoms with Crippen molar-refractivity contribution in [2.75, 3.05) is 18.1 Å². The van der Waals surface area contributed by atoms with E-state index < -0.39 is 15.9 Å². The second-order valence-corrected chi connectivity index (χ2v) is 8.15. The Labute approximate surface area is 141 Å². The maximum Gasteiger partial charge on any atom is 0.273 e. The van der Waals surface area contributed by atoms with Crippen molar-refractivity contribution in [3.8, 4) is 0 Å². The highest BCUT2D eigenvalue weighted by molar-refractivity contribution is 7.91. The topological polar surface area (TPSA) is 85.2 Å². The summed E-state index contributed by atoms with van der Waals surface area (Å²) in [7, 11) is -3.19. The third-order valence-electron chi connectivity index (χ3n) is 4.16. The molecule has 0 aliphatic carbocycles. The van der Waals surface area contributed by atoms with Crippen LogP contribution in [-0.4, -0.2) is 52.0 Å². The van der Waals surface area contributed by atoms with Gasteiger partial charge in [-0.05, 0) is 26.0 Å². The van der Waals surface area contributed by atoms with Crippen LogP contribution < -0.4 is 0 Å². The number of nitrogens with zero attached hydrogens (tertiary/aromatic N) is 4. The largest absolute Gasteiger partial charge is 0.328 e. The molecule has 0 aromatic carbocycles. The lowest BCUT2D eigenvalue weighted by Crippen LogP contribution is -2.46. The standard InChI is InChI=1S/C16H20N4O3S/c1-3-19-10-13(9-17-19)15-11-24(22,23)8-7-20(15)16(21)14-6-4-5-12(2)18-14/h4-6,9-10,15H,3,7-8,11H2,1-2H3/t15-/m0/s1. The van der Waals surface area contributed by atoms with Crippen molar-refractivity contribution in [1.82, 2.24) is 19.7 Å². The van der Waals surface area contributed by atoms with Gasteiger partial charge in [0, 0.05) is 30.5 Å². The number of hydrogen-bond acceptors (Lipinski definition) is 5. The second kappa shape index (κ2) is 6.35. The summed E-state index contributed by atoms with van der Waals surface area (Å²) in [4.78, 5) is 18.7. The summed E-state index contributed by atoms with van der Waals surface area (Å²) < 4.78 is 25.9. The van der Waals surface area contributed by atoms with E-state index in [0.717, 1.165) is 11.3 Å². The van der Waals surface area contributed by atoms with Gasteiger partial charge in [-0.3, -0.25) is 9.48 Å². The number of carbonyl (C=O) groups excluding carboxylic acids is 1. The van der Waals surface area contributed by atoms with E-state index in [2.05, 4.69) is 10.1 Å². The van der Waals surface area contributed by atoms with E-state index in [1.807, 2.05) is 19.9 Å². The fraction of sp³-hybridized carbons (Fsp3) is 0.438. The smallest absolute Gasteiger partial charge is 0.273 e. The average Bonchev–Trinajstić information content (AvgIpc) is 3.02. The molecule has 2 aromatic heterocycles. The van der Waals surface area contributed by atoms with Crippen molar-refractivity contribution in [2.24, 2.45) is 0 Å². The lowest BCUT2D eigenvalue weighted by atomic mass is 10.1. The van der Waals surface area contributed by atoms with Crippen LogP contribution in [0.15, 0.2) is 30.6 Å². The highest BCUT2D eigenvalue weighted by atomic mass is 32.2. The van der Waals surface area contributed by atoms with E-state index in [9.17, 15) is 13.2 Å². The van der Waals surface area contributed by atoms with Gasteiger partial charge in [-0.1, -0.05) is 6.07 Å².